The minimum absolute atomic E-state index is 0. The number of ether oxygens (including phenoxy) is 2. The van der Waals surface area contributed by atoms with Crippen molar-refractivity contribution in [3.8, 4) is 11.5 Å². The van der Waals surface area contributed by atoms with Crippen LogP contribution in [-0.4, -0.2) is 123 Å². The van der Waals surface area contributed by atoms with Crippen molar-refractivity contribution in [2.45, 2.75) is 203 Å². The Bertz CT molecular complexity index is 6290. The van der Waals surface area contributed by atoms with Gasteiger partial charge in [0.25, 0.3) is 23.6 Å². The van der Waals surface area contributed by atoms with Gasteiger partial charge in [0.2, 0.25) is 27.6 Å². The summed E-state index contributed by atoms with van der Waals surface area (Å²) in [6.07, 6.45) is 35.1. The molecule has 0 saturated heterocycles. The predicted molar refractivity (Wildman–Crippen MR) is 497 cm³/mol. The van der Waals surface area contributed by atoms with Gasteiger partial charge in [-0.25, -0.2) is 39.9 Å². The molecule has 6 fully saturated rings. The number of amides is 5. The predicted octanol–water partition coefficient (Wildman–Crippen LogP) is 8.91. The maximum Gasteiger partial charge on any atom is 1.00 e. The molecule has 13 N–H and O–H groups in total. The van der Waals surface area contributed by atoms with Crippen molar-refractivity contribution in [1.82, 2.24) is 78.6 Å². The van der Waals surface area contributed by atoms with Crippen LogP contribution in [0, 0.1) is 11.8 Å². The zero-order valence-corrected chi connectivity index (χ0v) is 79.2. The molecule has 6 aliphatic carbocycles. The number of fused-ring (bicyclic) bond motifs is 8. The van der Waals surface area contributed by atoms with Crippen LogP contribution in [0.15, 0.2) is 147 Å². The molecule has 0 unspecified atom stereocenters. The Kier molecular flexibility index (Phi) is 30.3. The molecule has 36 nitrogen and oxygen atoms in total. The van der Waals surface area contributed by atoms with Gasteiger partial charge >= 0.3 is 51.4 Å². The third kappa shape index (κ3) is 20.0. The maximum atomic E-state index is 13.9. The van der Waals surface area contributed by atoms with Gasteiger partial charge in [-0.1, -0.05) is 109 Å². The number of carbonyl (C=O) groups is 6. The molecule has 5 amide bonds. The first-order valence-corrected chi connectivity index (χ1v) is 44.8. The number of aromatic nitrogens is 12. The second-order valence-electron chi connectivity index (χ2n) is 35.1. The number of ketones is 1. The van der Waals surface area contributed by atoms with Crippen LogP contribution in [0.4, 0.5) is 57.8 Å². The molecule has 38 heteroatoms. The zero-order chi connectivity index (χ0) is 90.8. The van der Waals surface area contributed by atoms with Crippen LogP contribution in [0.2, 0.25) is 0 Å². The van der Waals surface area contributed by atoms with Crippen molar-refractivity contribution < 1.29 is 95.1 Å². The summed E-state index contributed by atoms with van der Waals surface area (Å²) in [5, 5.41) is 18.1. The van der Waals surface area contributed by atoms with Gasteiger partial charge in [0.05, 0.1) is 68.8 Å². The Morgan fingerprint density at radius 1 is 0.439 bits per heavy atom. The number of halogens is 1. The first kappa shape index (κ1) is 97.6. The number of benzene rings is 2. The summed E-state index contributed by atoms with van der Waals surface area (Å²) in [5.41, 5.74) is 22.2. The molecule has 0 radical (unpaired) electrons. The number of methoxy groups -OCH3 is 2. The minimum Gasteiger partial charge on any atom is -0.870 e. The molecule has 4 spiro atoms. The fraction of sp³-hybridized carbons (Fsp3) is 0.426. The van der Waals surface area contributed by atoms with Gasteiger partial charge in [0, 0.05) is 109 Å². The van der Waals surface area contributed by atoms with Gasteiger partial charge in [-0.15, -0.1) is 0 Å². The molecule has 4 aliphatic heterocycles. The number of nitrogen functional groups attached to an aromatic ring is 3. The van der Waals surface area contributed by atoms with Crippen molar-refractivity contribution in [3.63, 3.8) is 0 Å². The number of Topliss-reactive ketones (excluding diaryl/α,β-unsaturated/α-hetero) is 1. The van der Waals surface area contributed by atoms with Gasteiger partial charge in [0.1, 0.15) is 123 Å². The van der Waals surface area contributed by atoms with Crippen molar-refractivity contribution in [1.29, 1.82) is 0 Å². The second kappa shape index (κ2) is 41.0. The molecule has 6 saturated carbocycles. The second-order valence-corrected chi connectivity index (χ2v) is 35.9. The first-order chi connectivity index (χ1) is 62.1. The van der Waals surface area contributed by atoms with Crippen molar-refractivity contribution in [2.24, 2.45) is 40.0 Å². The van der Waals surface area contributed by atoms with Gasteiger partial charge in [0.15, 0.2) is 0 Å². The first-order valence-electron chi connectivity index (χ1n) is 44.0. The average molecular weight is 1890 g/mol. The third-order valence-electron chi connectivity index (χ3n) is 26.4. The minimum atomic E-state index is -0.623. The summed E-state index contributed by atoms with van der Waals surface area (Å²) in [6, 6.07) is 21.9. The van der Waals surface area contributed by atoms with Crippen molar-refractivity contribution >= 4 is 109 Å². The molecule has 8 aromatic heterocycles. The summed E-state index contributed by atoms with van der Waals surface area (Å²) < 4.78 is 18.0. The van der Waals surface area contributed by atoms with Gasteiger partial charge in [-0.05, 0) is 128 Å². The smallest absolute Gasteiger partial charge is 0.870 e. The number of nitrogens with one attached hydrogen (secondary N) is 6. The van der Waals surface area contributed by atoms with E-state index in [2.05, 4.69) is 87.7 Å². The largest absolute Gasteiger partial charge is 1.00 e. The number of aryl methyl sites for hydroxylation is 4. The van der Waals surface area contributed by atoms with E-state index in [-0.39, 0.29) is 133 Å². The molecule has 20 rings (SSSR count). The monoisotopic (exact) mass is 1890 g/mol. The maximum absolute atomic E-state index is 13.9. The Hall–Kier alpha value is -11.9. The van der Waals surface area contributed by atoms with E-state index in [4.69, 9.17) is 26.7 Å². The summed E-state index contributed by atoms with van der Waals surface area (Å²) in [6.45, 7) is 0.927. The fourth-order valence-corrected chi connectivity index (χ4v) is 20.3. The molecule has 10 aliphatic rings. The number of nitrogens with zero attached hydrogens (tertiary/aromatic N) is 14. The van der Waals surface area contributed by atoms with E-state index in [0.29, 0.717) is 127 Å². The molecular weight excluding hydrogens is 1780 g/mol. The van der Waals surface area contributed by atoms with E-state index < -0.39 is 22.2 Å². The Morgan fingerprint density at radius 3 is 1.18 bits per heavy atom. The van der Waals surface area contributed by atoms with Gasteiger partial charge in [-0.2, -0.15) is 0 Å². The number of nitrogens with two attached hydrogens (primary N) is 3. The van der Waals surface area contributed by atoms with E-state index in [0.717, 1.165) is 182 Å². The topological polar surface area (TPSA) is 499 Å². The summed E-state index contributed by atoms with van der Waals surface area (Å²) in [5.74, 6) is 4.35. The van der Waals surface area contributed by atoms with Crippen LogP contribution in [0.25, 0.3) is 0 Å². The quantitative estimate of drug-likeness (QED) is 0.0384. The average Bonchev–Trinajstić information content (AvgIpc) is 1.56. The van der Waals surface area contributed by atoms with Crippen LogP contribution in [0.5, 0.6) is 11.5 Å². The van der Waals surface area contributed by atoms with Crippen molar-refractivity contribution in [2.75, 3.05) is 52.7 Å². The Labute approximate surface area is 813 Å². The number of hydrogen-bond acceptors (Lipinski definition) is 27. The summed E-state index contributed by atoms with van der Waals surface area (Å²) in [7, 11) is 10.5. The van der Waals surface area contributed by atoms with Crippen LogP contribution < -0.4 is 132 Å². The molecule has 12 heterocycles. The summed E-state index contributed by atoms with van der Waals surface area (Å²) in [4.78, 5) is 165. The molecule has 688 valence electrons. The van der Waals surface area contributed by atoms with E-state index in [1.54, 1.807) is 95.6 Å². The molecular formula is C94H111BrKN23O13. The number of pyridine rings is 4. The molecule has 0 atom stereocenters. The van der Waals surface area contributed by atoms with Gasteiger partial charge < -0.3 is 92.1 Å². The normalized spacial score (nSPS) is 17.3. The number of rotatable bonds is 17. The van der Waals surface area contributed by atoms with Crippen LogP contribution in [0.3, 0.4) is 0 Å². The fourth-order valence-electron chi connectivity index (χ4n) is 19.8. The molecule has 132 heavy (non-hydrogen) atoms. The molecule has 0 bridgehead atoms. The Morgan fingerprint density at radius 2 is 0.788 bits per heavy atom. The molecule has 2 aromatic carbocycles. The SMILES string of the molecule is C.COc1ccc(CN2C(=O)c3c(c(=O)c(Br)cn3C)C23CCCCC3)cc1.COc1ccc(CN2C(=O)c3c(c(=O)c(Nc4cc(N)ncn4)cn3C)C23CCCCC3)cc1.Cn1cc(Nc2cc(N)ncn2)c(=O)c2c1C(=O)NC21CCCCC1.Cn1cc(Nc2cc(NC(=O)C3CC3)ncn2)c(=O)c2c1C(=O)NC21CCCCC1.Nc1cc(CC(=O)C2CC2)ncn1.[K+].[OH-]. The number of carbonyl (C=O) groups excluding carboxylic acids is 6. The van der Waals surface area contributed by atoms with E-state index in [1.807, 2.05) is 72.4 Å². The standard InChI is InChI=1S/C25H28N6O3.C21H23BrN2O3.C21H24N6O3.C17H20N6O2.C9H11N3O.CH4.K.H2O/c1-30-14-18(29-20-12-19(26)27-15-28-20)23(32)21-22(30)24(33)31(25(21)10-4-3-5-11-25)13-16-6-8-17(34-2)9-7-16;1-23-13-16(22)19(25)17-18(23)20(26)24(21(17)10-4-3-5-11-21)12-14-6-8-15(27-2)9-7-14;1-27-10-13(24-14-9-15(23-11-22-14)25-19(29)12-5-6-12)18(28)16-17(27)20(30)26-21(16)7-3-2-4-8-21;1-23-8-10(21-12-7-11(18)19-9-20-12)15(24)13-14(23)16(25)22-17(13)5-3-2-4-6-17;10-9-4-7(11-5-12-9)3-8(13)6-1-2-6;;;/h6-9,12,14-15H,3-5,10-11,13H2,1-2H3,(H3,26,27,28,29);6-9,13H,3-5,10-12H2,1-2H3;9-12H,2-8H2,1H3,(H,26,30)(H2,22,23,24,25,29);7-9H,2-6H2,1H3,(H,22,25)(H3,18,19,20,21);4-6H,1-3H2,(H2,10,11,12);1H4;;1H2/q;;;;;;+1;/p-1. The van der Waals surface area contributed by atoms with Gasteiger partial charge in [-0.3, -0.25) is 47.9 Å². The van der Waals surface area contributed by atoms with E-state index in [9.17, 15) is 47.9 Å². The number of anilines is 10. The Balaban J connectivity index is 0.000000143. The third-order valence-corrected chi connectivity index (χ3v) is 26.9. The number of hydrogen-bond donors (Lipinski definition) is 9. The van der Waals surface area contributed by atoms with E-state index >= 15 is 0 Å². The van der Waals surface area contributed by atoms with Crippen LogP contribution in [-0.2, 0) is 79.4 Å². The van der Waals surface area contributed by atoms with Crippen LogP contribution >= 0.6 is 15.9 Å². The molecule has 10 aromatic rings. The zero-order valence-electron chi connectivity index (χ0n) is 74.5. The van der Waals surface area contributed by atoms with E-state index in [1.165, 1.54) is 25.3 Å². The van der Waals surface area contributed by atoms with Crippen LogP contribution in [0.1, 0.15) is 243 Å². The summed E-state index contributed by atoms with van der Waals surface area (Å²) >= 11 is 3.40. The van der Waals surface area contributed by atoms with Crippen molar-refractivity contribution in [3.05, 3.63) is 230 Å².